The maximum Gasteiger partial charge on any atom is 0.243 e. The van der Waals surface area contributed by atoms with Gasteiger partial charge in [0.2, 0.25) is 15.9 Å². The third-order valence-electron chi connectivity index (χ3n) is 5.57. The standard InChI is InChI=1S/C23H23FN2O3S/c1-16-6-9-22(21(24)14-16)25-23(27)18-10-12-26(13-11-18)30(28,29)20-8-7-17-4-2-3-5-19(17)15-20/h2-9,14-15,18H,10-13H2,1H3,(H,25,27). The maximum absolute atomic E-state index is 14.0. The van der Waals surface area contributed by atoms with Gasteiger partial charge in [0, 0.05) is 19.0 Å². The van der Waals surface area contributed by atoms with Crippen LogP contribution in [0.25, 0.3) is 10.8 Å². The average molecular weight is 427 g/mol. The van der Waals surface area contributed by atoms with Crippen LogP contribution in [0.5, 0.6) is 0 Å². The Kier molecular flexibility index (Phi) is 5.58. The lowest BCUT2D eigenvalue weighted by Crippen LogP contribution is -2.41. The molecule has 0 aliphatic carbocycles. The number of halogens is 1. The number of rotatable bonds is 4. The van der Waals surface area contributed by atoms with Crippen molar-refractivity contribution in [3.63, 3.8) is 0 Å². The Morgan fingerprint density at radius 2 is 1.70 bits per heavy atom. The van der Waals surface area contributed by atoms with Crippen molar-refractivity contribution < 1.29 is 17.6 Å². The van der Waals surface area contributed by atoms with E-state index in [0.29, 0.717) is 12.8 Å². The quantitative estimate of drug-likeness (QED) is 0.675. The number of amides is 1. The van der Waals surface area contributed by atoms with Gasteiger partial charge in [0.25, 0.3) is 0 Å². The van der Waals surface area contributed by atoms with Crippen LogP contribution in [0.2, 0.25) is 0 Å². The number of benzene rings is 3. The van der Waals surface area contributed by atoms with Gasteiger partial charge in [-0.15, -0.1) is 0 Å². The van der Waals surface area contributed by atoms with Gasteiger partial charge in [0.1, 0.15) is 5.82 Å². The van der Waals surface area contributed by atoms with Crippen LogP contribution in [-0.2, 0) is 14.8 Å². The Morgan fingerprint density at radius 3 is 2.40 bits per heavy atom. The lowest BCUT2D eigenvalue weighted by atomic mass is 9.97. The van der Waals surface area contributed by atoms with E-state index in [1.807, 2.05) is 24.3 Å². The van der Waals surface area contributed by atoms with Crippen molar-refractivity contribution >= 4 is 32.4 Å². The van der Waals surface area contributed by atoms with E-state index in [0.717, 1.165) is 16.3 Å². The van der Waals surface area contributed by atoms with Gasteiger partial charge >= 0.3 is 0 Å². The molecule has 1 heterocycles. The van der Waals surface area contributed by atoms with E-state index in [2.05, 4.69) is 5.32 Å². The molecule has 0 radical (unpaired) electrons. The second-order valence-electron chi connectivity index (χ2n) is 7.66. The van der Waals surface area contributed by atoms with E-state index in [1.54, 1.807) is 37.3 Å². The van der Waals surface area contributed by atoms with Crippen LogP contribution in [0.1, 0.15) is 18.4 Å². The molecule has 1 N–H and O–H groups in total. The Labute approximate surface area is 175 Å². The lowest BCUT2D eigenvalue weighted by molar-refractivity contribution is -0.120. The highest BCUT2D eigenvalue weighted by molar-refractivity contribution is 7.89. The molecule has 0 aromatic heterocycles. The molecule has 5 nitrogen and oxygen atoms in total. The van der Waals surface area contributed by atoms with Crippen molar-refractivity contribution in [1.82, 2.24) is 4.31 Å². The molecule has 0 saturated carbocycles. The second kappa shape index (κ2) is 8.16. The first-order chi connectivity index (χ1) is 14.3. The number of anilines is 1. The highest BCUT2D eigenvalue weighted by Crippen LogP contribution is 2.27. The minimum Gasteiger partial charge on any atom is -0.323 e. The van der Waals surface area contributed by atoms with E-state index in [1.165, 1.54) is 10.4 Å². The summed E-state index contributed by atoms with van der Waals surface area (Å²) in [5.74, 6) is -1.10. The summed E-state index contributed by atoms with van der Waals surface area (Å²) in [4.78, 5) is 12.8. The zero-order valence-corrected chi connectivity index (χ0v) is 17.5. The highest BCUT2D eigenvalue weighted by atomic mass is 32.2. The molecule has 3 aromatic carbocycles. The fourth-order valence-corrected chi connectivity index (χ4v) is 5.30. The molecular formula is C23H23FN2O3S. The Balaban J connectivity index is 1.43. The number of nitrogens with one attached hydrogen (secondary N) is 1. The smallest absolute Gasteiger partial charge is 0.243 e. The van der Waals surface area contributed by atoms with Crippen LogP contribution < -0.4 is 5.32 Å². The third kappa shape index (κ3) is 4.08. The van der Waals surface area contributed by atoms with Gasteiger partial charge in [-0.2, -0.15) is 4.31 Å². The van der Waals surface area contributed by atoms with Gasteiger partial charge in [-0.05, 0) is 60.4 Å². The molecule has 1 aliphatic rings. The molecule has 0 bridgehead atoms. The van der Waals surface area contributed by atoms with Crippen LogP contribution in [0.3, 0.4) is 0 Å². The van der Waals surface area contributed by atoms with Crippen molar-refractivity contribution in [2.45, 2.75) is 24.7 Å². The molecule has 1 saturated heterocycles. The summed E-state index contributed by atoms with van der Waals surface area (Å²) >= 11 is 0. The minimum atomic E-state index is -3.63. The molecule has 1 amide bonds. The fraction of sp³-hybridized carbons (Fsp3) is 0.261. The highest BCUT2D eigenvalue weighted by Gasteiger charge is 2.32. The molecule has 7 heteroatoms. The molecule has 0 spiro atoms. The molecule has 3 aromatic rings. The number of aryl methyl sites for hydroxylation is 1. The molecule has 30 heavy (non-hydrogen) atoms. The number of sulfonamides is 1. The zero-order chi connectivity index (χ0) is 21.3. The zero-order valence-electron chi connectivity index (χ0n) is 16.6. The summed E-state index contributed by atoms with van der Waals surface area (Å²) < 4.78 is 41.5. The normalized spacial score (nSPS) is 15.9. The van der Waals surface area contributed by atoms with Gasteiger partial charge in [0.15, 0.2) is 0 Å². The molecule has 1 fully saturated rings. The lowest BCUT2D eigenvalue weighted by Gasteiger charge is -2.30. The fourth-order valence-electron chi connectivity index (χ4n) is 3.79. The van der Waals surface area contributed by atoms with Crippen LogP contribution in [0.4, 0.5) is 10.1 Å². The minimum absolute atomic E-state index is 0.150. The van der Waals surface area contributed by atoms with E-state index in [-0.39, 0.29) is 35.5 Å². The summed E-state index contributed by atoms with van der Waals surface area (Å²) in [5.41, 5.74) is 0.925. The van der Waals surface area contributed by atoms with Gasteiger partial charge in [-0.3, -0.25) is 4.79 Å². The van der Waals surface area contributed by atoms with E-state index >= 15 is 0 Å². The van der Waals surface area contributed by atoms with Crippen molar-refractivity contribution in [3.05, 3.63) is 72.0 Å². The Bertz CT molecular complexity index is 1200. The first-order valence-electron chi connectivity index (χ1n) is 9.90. The monoisotopic (exact) mass is 426 g/mol. The Hall–Kier alpha value is -2.77. The van der Waals surface area contributed by atoms with Gasteiger partial charge < -0.3 is 5.32 Å². The summed E-state index contributed by atoms with van der Waals surface area (Å²) in [6.45, 7) is 2.29. The van der Waals surface area contributed by atoms with E-state index < -0.39 is 15.8 Å². The van der Waals surface area contributed by atoms with Crippen LogP contribution >= 0.6 is 0 Å². The van der Waals surface area contributed by atoms with Crippen LogP contribution in [0.15, 0.2) is 65.6 Å². The number of fused-ring (bicyclic) bond motifs is 1. The third-order valence-corrected chi connectivity index (χ3v) is 7.46. The SMILES string of the molecule is Cc1ccc(NC(=O)C2CCN(S(=O)(=O)c3ccc4ccccc4c3)CC2)c(F)c1. The van der Waals surface area contributed by atoms with Crippen molar-refractivity contribution in [2.75, 3.05) is 18.4 Å². The van der Waals surface area contributed by atoms with E-state index in [9.17, 15) is 17.6 Å². The predicted octanol–water partition coefficient (Wildman–Crippen LogP) is 4.33. The van der Waals surface area contributed by atoms with Crippen molar-refractivity contribution in [3.8, 4) is 0 Å². The first kappa shape index (κ1) is 20.5. The van der Waals surface area contributed by atoms with Crippen molar-refractivity contribution in [2.24, 2.45) is 5.92 Å². The second-order valence-corrected chi connectivity index (χ2v) is 9.60. The number of carbonyl (C=O) groups is 1. The maximum atomic E-state index is 14.0. The molecular weight excluding hydrogens is 403 g/mol. The topological polar surface area (TPSA) is 66.5 Å². The number of hydrogen-bond donors (Lipinski definition) is 1. The predicted molar refractivity (Wildman–Crippen MR) is 115 cm³/mol. The number of carbonyl (C=O) groups excluding carboxylic acids is 1. The molecule has 1 aliphatic heterocycles. The van der Waals surface area contributed by atoms with Crippen LogP contribution in [-0.4, -0.2) is 31.7 Å². The van der Waals surface area contributed by atoms with Crippen molar-refractivity contribution in [1.29, 1.82) is 0 Å². The Morgan fingerprint density at radius 1 is 1.00 bits per heavy atom. The number of hydrogen-bond acceptors (Lipinski definition) is 3. The summed E-state index contributed by atoms with van der Waals surface area (Å²) in [5, 5.41) is 4.48. The summed E-state index contributed by atoms with van der Waals surface area (Å²) in [6, 6.07) is 17.4. The molecule has 0 unspecified atom stereocenters. The molecule has 156 valence electrons. The van der Waals surface area contributed by atoms with Gasteiger partial charge in [-0.25, -0.2) is 12.8 Å². The van der Waals surface area contributed by atoms with Gasteiger partial charge in [-0.1, -0.05) is 36.4 Å². The summed E-state index contributed by atoms with van der Waals surface area (Å²) in [7, 11) is -3.63. The van der Waals surface area contributed by atoms with Gasteiger partial charge in [0.05, 0.1) is 10.6 Å². The average Bonchev–Trinajstić information content (AvgIpc) is 2.75. The molecule has 4 rings (SSSR count). The number of piperidine rings is 1. The number of nitrogens with zero attached hydrogens (tertiary/aromatic N) is 1. The molecule has 0 atom stereocenters. The first-order valence-corrected chi connectivity index (χ1v) is 11.3. The summed E-state index contributed by atoms with van der Waals surface area (Å²) in [6.07, 6.45) is 0.790. The largest absolute Gasteiger partial charge is 0.323 e. The van der Waals surface area contributed by atoms with E-state index in [4.69, 9.17) is 0 Å². The van der Waals surface area contributed by atoms with Crippen LogP contribution in [0, 0.1) is 18.7 Å².